The van der Waals surface area contributed by atoms with Gasteiger partial charge in [0.1, 0.15) is 11.5 Å². The first kappa shape index (κ1) is 14.9. The van der Waals surface area contributed by atoms with Gasteiger partial charge in [-0.3, -0.25) is 4.57 Å². The molecule has 1 atom stereocenters. The van der Waals surface area contributed by atoms with E-state index in [4.69, 9.17) is 16.3 Å². The van der Waals surface area contributed by atoms with Crippen LogP contribution in [0.4, 0.5) is 0 Å². The van der Waals surface area contributed by atoms with E-state index in [1.165, 1.54) is 5.82 Å². The summed E-state index contributed by atoms with van der Waals surface area (Å²) in [5.74, 6) is 2.08. The fourth-order valence-electron chi connectivity index (χ4n) is 1.87. The summed E-state index contributed by atoms with van der Waals surface area (Å²) in [6.45, 7) is 5.39. The van der Waals surface area contributed by atoms with E-state index in [0.29, 0.717) is 27.4 Å². The van der Waals surface area contributed by atoms with Crippen molar-refractivity contribution in [2.24, 2.45) is 0 Å². The van der Waals surface area contributed by atoms with E-state index in [1.807, 2.05) is 6.92 Å². The molecule has 0 bridgehead atoms. The average molecular weight is 309 g/mol. The molecule has 1 N–H and O–H groups in total. The van der Waals surface area contributed by atoms with E-state index in [0.717, 1.165) is 0 Å². The van der Waals surface area contributed by atoms with Crippen LogP contribution >= 0.6 is 19.0 Å². The van der Waals surface area contributed by atoms with Gasteiger partial charge < -0.3 is 9.63 Å². The quantitative estimate of drug-likeness (QED) is 0.515. The number of hydrogen-bond acceptors (Lipinski definition) is 2. The monoisotopic (exact) mass is 308 g/mol. The first-order chi connectivity index (χ1) is 9.49. The molecule has 20 heavy (non-hydrogen) atoms. The lowest BCUT2D eigenvalue weighted by Gasteiger charge is -2.10. The Morgan fingerprint density at radius 2 is 2.25 bits per heavy atom. The van der Waals surface area contributed by atoms with Gasteiger partial charge in [0.05, 0.1) is 10.3 Å². The Hall–Kier alpha value is -1.54. The third-order valence-electron chi connectivity index (χ3n) is 2.78. The standard InChI is InChI=1S/C15H14ClO3P/c1-3-5-7-11(4-2)19-13-10-20(17,18)14-9-6-8-12(16)15(13)14/h3-10H,1H2,2H3,(H,17,18). The Kier molecular flexibility index (Phi) is 4.34. The lowest BCUT2D eigenvalue weighted by Crippen LogP contribution is -2.05. The highest BCUT2D eigenvalue weighted by Gasteiger charge is 2.34. The van der Waals surface area contributed by atoms with Gasteiger partial charge in [-0.05, 0) is 31.2 Å². The number of halogens is 1. The van der Waals surface area contributed by atoms with Gasteiger partial charge in [0, 0.05) is 11.4 Å². The van der Waals surface area contributed by atoms with Crippen LogP contribution in [-0.4, -0.2) is 4.89 Å². The third-order valence-corrected chi connectivity index (χ3v) is 4.75. The minimum Gasteiger partial charge on any atom is -0.457 e. The summed E-state index contributed by atoms with van der Waals surface area (Å²) in [6, 6.07) is 4.90. The van der Waals surface area contributed by atoms with Crippen LogP contribution in [0.15, 0.2) is 60.7 Å². The minimum absolute atomic E-state index is 0.304. The van der Waals surface area contributed by atoms with Crippen molar-refractivity contribution >= 4 is 30.0 Å². The zero-order chi connectivity index (χ0) is 14.8. The van der Waals surface area contributed by atoms with Crippen molar-refractivity contribution in [2.45, 2.75) is 6.92 Å². The van der Waals surface area contributed by atoms with Crippen LogP contribution in [0.1, 0.15) is 12.5 Å². The summed E-state index contributed by atoms with van der Waals surface area (Å²) < 4.78 is 17.8. The topological polar surface area (TPSA) is 46.5 Å². The molecule has 0 aliphatic carbocycles. The predicted molar refractivity (Wildman–Crippen MR) is 83.1 cm³/mol. The van der Waals surface area contributed by atoms with E-state index < -0.39 is 7.37 Å². The number of hydrogen-bond donors (Lipinski definition) is 1. The molecule has 104 valence electrons. The van der Waals surface area contributed by atoms with Crippen LogP contribution in [0, 0.1) is 0 Å². The molecule has 5 heteroatoms. The van der Waals surface area contributed by atoms with E-state index in [-0.39, 0.29) is 0 Å². The van der Waals surface area contributed by atoms with E-state index in [1.54, 1.807) is 42.5 Å². The van der Waals surface area contributed by atoms with Crippen molar-refractivity contribution in [3.8, 4) is 0 Å². The SMILES string of the molecule is C=CC=CC(=CC)OC1=CP(=O)(O)c2cccc(Cl)c21. The first-order valence-electron chi connectivity index (χ1n) is 5.97. The molecule has 2 rings (SSSR count). The highest BCUT2D eigenvalue weighted by Crippen LogP contribution is 2.52. The lowest BCUT2D eigenvalue weighted by molar-refractivity contribution is 0.401. The van der Waals surface area contributed by atoms with Crippen molar-refractivity contribution < 1.29 is 14.2 Å². The Bertz CT molecular complexity index is 686. The highest BCUT2D eigenvalue weighted by atomic mass is 35.5. The van der Waals surface area contributed by atoms with Gasteiger partial charge in [0.15, 0.2) is 0 Å². The molecule has 1 aromatic rings. The summed E-state index contributed by atoms with van der Waals surface area (Å²) in [7, 11) is -3.55. The van der Waals surface area contributed by atoms with Gasteiger partial charge in [0.2, 0.25) is 0 Å². The van der Waals surface area contributed by atoms with E-state index in [2.05, 4.69) is 6.58 Å². The number of allylic oxidation sites excluding steroid dienone is 4. The van der Waals surface area contributed by atoms with Crippen molar-refractivity contribution in [3.63, 3.8) is 0 Å². The van der Waals surface area contributed by atoms with Gasteiger partial charge >= 0.3 is 0 Å². The molecular formula is C15H14ClO3P. The second kappa shape index (κ2) is 5.84. The Morgan fingerprint density at radius 3 is 2.90 bits per heavy atom. The van der Waals surface area contributed by atoms with Crippen molar-refractivity contribution in [3.05, 3.63) is 71.2 Å². The van der Waals surface area contributed by atoms with Crippen LogP contribution in [-0.2, 0) is 9.30 Å². The second-order valence-corrected chi connectivity index (χ2v) is 6.53. The summed E-state index contributed by atoms with van der Waals surface area (Å²) in [5, 5.41) is 0.701. The molecule has 1 aromatic carbocycles. The molecule has 0 amide bonds. The number of fused-ring (bicyclic) bond motifs is 1. The van der Waals surface area contributed by atoms with E-state index >= 15 is 0 Å². The fourth-order valence-corrected chi connectivity index (χ4v) is 3.70. The fraction of sp³-hybridized carbons (Fsp3) is 0.0667. The van der Waals surface area contributed by atoms with Crippen LogP contribution in [0.25, 0.3) is 5.76 Å². The molecule has 0 aromatic heterocycles. The summed E-state index contributed by atoms with van der Waals surface area (Å²) in [4.78, 5) is 9.99. The van der Waals surface area contributed by atoms with Gasteiger partial charge in [-0.1, -0.05) is 36.4 Å². The van der Waals surface area contributed by atoms with Crippen LogP contribution in [0.5, 0.6) is 0 Å². The summed E-state index contributed by atoms with van der Waals surface area (Å²) in [5.41, 5.74) is 0.478. The normalized spacial score (nSPS) is 21.8. The molecule has 1 unspecified atom stereocenters. The summed E-state index contributed by atoms with van der Waals surface area (Å²) >= 11 is 6.12. The molecule has 0 saturated carbocycles. The van der Waals surface area contributed by atoms with Gasteiger partial charge in [0.25, 0.3) is 7.37 Å². The molecule has 0 saturated heterocycles. The molecule has 1 aliphatic heterocycles. The number of benzene rings is 1. The Labute approximate surface area is 123 Å². The van der Waals surface area contributed by atoms with Crippen LogP contribution < -0.4 is 5.30 Å². The second-order valence-electron chi connectivity index (χ2n) is 4.14. The van der Waals surface area contributed by atoms with Crippen LogP contribution in [0.3, 0.4) is 0 Å². The maximum absolute atomic E-state index is 12.2. The first-order valence-corrected chi connectivity index (χ1v) is 8.08. The average Bonchev–Trinajstić information content (AvgIpc) is 2.67. The minimum atomic E-state index is -3.55. The van der Waals surface area contributed by atoms with Crippen molar-refractivity contribution in [1.29, 1.82) is 0 Å². The molecular weight excluding hydrogens is 295 g/mol. The van der Waals surface area contributed by atoms with Crippen molar-refractivity contribution in [2.75, 3.05) is 0 Å². The molecule has 0 spiro atoms. The Morgan fingerprint density at radius 1 is 1.50 bits per heavy atom. The maximum Gasteiger partial charge on any atom is 0.256 e. The van der Waals surface area contributed by atoms with Gasteiger partial charge in [-0.15, -0.1) is 0 Å². The smallest absolute Gasteiger partial charge is 0.256 e. The molecule has 1 aliphatic rings. The van der Waals surface area contributed by atoms with Crippen LogP contribution in [0.2, 0.25) is 5.02 Å². The molecule has 0 fully saturated rings. The highest BCUT2D eigenvalue weighted by molar-refractivity contribution is 7.70. The number of rotatable bonds is 4. The van der Waals surface area contributed by atoms with Gasteiger partial charge in [-0.2, -0.15) is 0 Å². The zero-order valence-electron chi connectivity index (χ0n) is 10.9. The molecule has 0 radical (unpaired) electrons. The predicted octanol–water partition coefficient (Wildman–Crippen LogP) is 4.21. The van der Waals surface area contributed by atoms with E-state index in [9.17, 15) is 9.46 Å². The third kappa shape index (κ3) is 2.80. The van der Waals surface area contributed by atoms with Gasteiger partial charge in [-0.25, -0.2) is 0 Å². The summed E-state index contributed by atoms with van der Waals surface area (Å²) in [6.07, 6.45) is 6.80. The molecule has 1 heterocycles. The lowest BCUT2D eigenvalue weighted by atomic mass is 10.2. The molecule has 3 nitrogen and oxygen atoms in total. The zero-order valence-corrected chi connectivity index (χ0v) is 12.6. The van der Waals surface area contributed by atoms with Crippen molar-refractivity contribution in [1.82, 2.24) is 0 Å². The largest absolute Gasteiger partial charge is 0.457 e. The number of ether oxygens (including phenoxy) is 1. The Balaban J connectivity index is 2.43. The maximum atomic E-state index is 12.2.